The van der Waals surface area contributed by atoms with E-state index in [-0.39, 0.29) is 6.54 Å². The normalized spacial score (nSPS) is 12.2. The fourth-order valence-electron chi connectivity index (χ4n) is 0.804. The van der Waals surface area contributed by atoms with Crippen LogP contribution in [-0.2, 0) is 16.6 Å². The lowest BCUT2D eigenvalue weighted by Gasteiger charge is -2.12. The van der Waals surface area contributed by atoms with E-state index in [4.69, 9.17) is 16.0 Å². The largest absolute Gasteiger partial charge is 0.468 e. The van der Waals surface area contributed by atoms with Crippen molar-refractivity contribution in [1.29, 1.82) is 0 Å². The molecule has 0 aliphatic rings. The Morgan fingerprint density at radius 3 is 2.77 bits per heavy atom. The van der Waals surface area contributed by atoms with E-state index in [1.54, 1.807) is 12.1 Å². The summed E-state index contributed by atoms with van der Waals surface area (Å²) >= 11 is 5.27. The first-order valence-electron chi connectivity index (χ1n) is 3.58. The first-order valence-corrected chi connectivity index (χ1v) is 5.73. The van der Waals surface area contributed by atoms with Crippen molar-refractivity contribution in [3.8, 4) is 0 Å². The van der Waals surface area contributed by atoms with Crippen molar-refractivity contribution in [1.82, 2.24) is 4.31 Å². The van der Waals surface area contributed by atoms with Gasteiger partial charge in [-0.15, -0.1) is 11.6 Å². The van der Waals surface area contributed by atoms with Crippen LogP contribution in [0.1, 0.15) is 5.76 Å². The Labute approximate surface area is 82.1 Å². The van der Waals surface area contributed by atoms with Gasteiger partial charge in [0.25, 0.3) is 0 Å². The highest BCUT2D eigenvalue weighted by Gasteiger charge is 2.16. The summed E-state index contributed by atoms with van der Waals surface area (Å²) in [7, 11) is -1.88. The monoisotopic (exact) mass is 223 g/mol. The van der Waals surface area contributed by atoms with Gasteiger partial charge < -0.3 is 4.42 Å². The number of rotatable bonds is 4. The van der Waals surface area contributed by atoms with Crippen LogP contribution in [0, 0.1) is 0 Å². The van der Waals surface area contributed by atoms with E-state index in [9.17, 15) is 8.42 Å². The molecule has 0 spiro atoms. The lowest BCUT2D eigenvalue weighted by atomic mass is 10.4. The Balaban J connectivity index is 2.66. The smallest absolute Gasteiger partial charge is 0.228 e. The quantitative estimate of drug-likeness (QED) is 0.722. The lowest BCUT2D eigenvalue weighted by Crippen LogP contribution is -2.26. The minimum atomic E-state index is -3.34. The third kappa shape index (κ3) is 2.72. The zero-order valence-corrected chi connectivity index (χ0v) is 8.68. The Morgan fingerprint density at radius 2 is 2.31 bits per heavy atom. The average Bonchev–Trinajstić information content (AvgIpc) is 2.57. The second-order valence-corrected chi connectivity index (χ2v) is 5.22. The van der Waals surface area contributed by atoms with Crippen molar-refractivity contribution >= 4 is 21.6 Å². The molecule has 0 radical (unpaired) electrons. The van der Waals surface area contributed by atoms with Crippen LogP contribution in [0.3, 0.4) is 0 Å². The molecule has 0 fully saturated rings. The molecule has 0 saturated heterocycles. The minimum Gasteiger partial charge on any atom is -0.468 e. The molecule has 0 saturated carbocycles. The van der Waals surface area contributed by atoms with Crippen molar-refractivity contribution in [3.05, 3.63) is 24.2 Å². The molecule has 1 rings (SSSR count). The predicted molar refractivity (Wildman–Crippen MR) is 49.8 cm³/mol. The van der Waals surface area contributed by atoms with Gasteiger partial charge in [-0.2, -0.15) is 4.31 Å². The summed E-state index contributed by atoms with van der Waals surface area (Å²) in [6.45, 7) is 0.210. The van der Waals surface area contributed by atoms with E-state index in [0.717, 1.165) is 4.31 Å². The number of hydrogen-bond acceptors (Lipinski definition) is 3. The molecular weight excluding hydrogens is 214 g/mol. The number of furan rings is 1. The zero-order valence-electron chi connectivity index (χ0n) is 7.10. The fraction of sp³-hybridized carbons (Fsp3) is 0.429. The molecule has 0 unspecified atom stereocenters. The standard InChI is InChI=1S/C7H10ClNO3S/c1-9(13(10,11)6-8)5-7-3-2-4-12-7/h2-4H,5-6H2,1H3. The van der Waals surface area contributed by atoms with Gasteiger partial charge in [-0.3, -0.25) is 0 Å². The Morgan fingerprint density at radius 1 is 1.62 bits per heavy atom. The van der Waals surface area contributed by atoms with Gasteiger partial charge in [0.2, 0.25) is 10.0 Å². The van der Waals surface area contributed by atoms with E-state index < -0.39 is 15.2 Å². The average molecular weight is 224 g/mol. The highest BCUT2D eigenvalue weighted by molar-refractivity contribution is 7.90. The maximum atomic E-state index is 11.2. The minimum absolute atomic E-state index is 0.210. The van der Waals surface area contributed by atoms with Crippen LogP contribution in [0.4, 0.5) is 0 Å². The molecule has 1 heterocycles. The van der Waals surface area contributed by atoms with Crippen LogP contribution in [0.25, 0.3) is 0 Å². The van der Waals surface area contributed by atoms with Crippen molar-refractivity contribution in [2.75, 3.05) is 12.3 Å². The maximum Gasteiger partial charge on any atom is 0.228 e. The Kier molecular flexibility index (Phi) is 3.35. The van der Waals surface area contributed by atoms with Crippen molar-refractivity contribution in [2.45, 2.75) is 6.54 Å². The number of alkyl halides is 1. The molecule has 0 aliphatic heterocycles. The van der Waals surface area contributed by atoms with Gasteiger partial charge in [0.15, 0.2) is 0 Å². The molecule has 0 amide bonds. The van der Waals surface area contributed by atoms with E-state index >= 15 is 0 Å². The van der Waals surface area contributed by atoms with Crippen LogP contribution in [0.5, 0.6) is 0 Å². The van der Waals surface area contributed by atoms with Crippen LogP contribution in [0.15, 0.2) is 22.8 Å². The van der Waals surface area contributed by atoms with Crippen LogP contribution in [0.2, 0.25) is 0 Å². The summed E-state index contributed by atoms with van der Waals surface area (Å²) < 4.78 is 28.5. The van der Waals surface area contributed by atoms with Crippen molar-refractivity contribution in [2.24, 2.45) is 0 Å². The van der Waals surface area contributed by atoms with Crippen LogP contribution < -0.4 is 0 Å². The van der Waals surface area contributed by atoms with Crippen LogP contribution >= 0.6 is 11.6 Å². The summed E-state index contributed by atoms with van der Waals surface area (Å²) in [4.78, 5) is 0. The molecule has 13 heavy (non-hydrogen) atoms. The van der Waals surface area contributed by atoms with Gasteiger partial charge in [-0.25, -0.2) is 8.42 Å². The van der Waals surface area contributed by atoms with E-state index in [1.807, 2.05) is 0 Å². The molecule has 0 N–H and O–H groups in total. The lowest BCUT2D eigenvalue weighted by molar-refractivity contribution is 0.408. The van der Waals surface area contributed by atoms with Gasteiger partial charge in [0.1, 0.15) is 11.0 Å². The zero-order chi connectivity index (χ0) is 9.90. The highest BCUT2D eigenvalue weighted by Crippen LogP contribution is 2.08. The molecule has 0 bridgehead atoms. The predicted octanol–water partition coefficient (Wildman–Crippen LogP) is 1.24. The first kappa shape index (κ1) is 10.6. The van der Waals surface area contributed by atoms with Gasteiger partial charge in [-0.05, 0) is 12.1 Å². The highest BCUT2D eigenvalue weighted by atomic mass is 35.5. The fourth-order valence-corrected chi connectivity index (χ4v) is 1.79. The second kappa shape index (κ2) is 4.13. The van der Waals surface area contributed by atoms with E-state index in [2.05, 4.69) is 0 Å². The Bertz CT molecular complexity index is 346. The van der Waals surface area contributed by atoms with E-state index in [1.165, 1.54) is 13.3 Å². The molecule has 4 nitrogen and oxygen atoms in total. The number of halogens is 1. The van der Waals surface area contributed by atoms with E-state index in [0.29, 0.717) is 5.76 Å². The van der Waals surface area contributed by atoms with Gasteiger partial charge in [0.05, 0.1) is 12.8 Å². The molecule has 0 aromatic carbocycles. The maximum absolute atomic E-state index is 11.2. The summed E-state index contributed by atoms with van der Waals surface area (Å²) in [6.07, 6.45) is 1.50. The molecular formula is C7H10ClNO3S. The summed E-state index contributed by atoms with van der Waals surface area (Å²) in [6, 6.07) is 3.41. The molecule has 0 atom stereocenters. The molecule has 0 aliphatic carbocycles. The summed E-state index contributed by atoms with van der Waals surface area (Å²) in [5.41, 5.74) is 0. The number of sulfonamides is 1. The van der Waals surface area contributed by atoms with Gasteiger partial charge >= 0.3 is 0 Å². The summed E-state index contributed by atoms with van der Waals surface area (Å²) in [5.74, 6) is 0.594. The number of nitrogens with zero attached hydrogens (tertiary/aromatic N) is 1. The first-order chi connectivity index (χ1) is 6.06. The van der Waals surface area contributed by atoms with Gasteiger partial charge in [-0.1, -0.05) is 0 Å². The SMILES string of the molecule is CN(Cc1ccco1)S(=O)(=O)CCl. The third-order valence-electron chi connectivity index (χ3n) is 1.57. The molecule has 1 aromatic heterocycles. The van der Waals surface area contributed by atoms with Gasteiger partial charge in [0, 0.05) is 7.05 Å². The van der Waals surface area contributed by atoms with Crippen molar-refractivity contribution < 1.29 is 12.8 Å². The van der Waals surface area contributed by atoms with Crippen molar-refractivity contribution in [3.63, 3.8) is 0 Å². The summed E-state index contributed by atoms with van der Waals surface area (Å²) in [5, 5.41) is -0.412. The Hall–Kier alpha value is -0.520. The second-order valence-electron chi connectivity index (χ2n) is 2.56. The molecule has 6 heteroatoms. The van der Waals surface area contributed by atoms with Crippen LogP contribution in [-0.4, -0.2) is 25.0 Å². The topological polar surface area (TPSA) is 50.5 Å². The molecule has 74 valence electrons. The number of hydrogen-bond donors (Lipinski definition) is 0. The third-order valence-corrected chi connectivity index (χ3v) is 3.75. The molecule has 1 aromatic rings.